The van der Waals surface area contributed by atoms with Crippen molar-refractivity contribution in [3.05, 3.63) is 29.8 Å². The Morgan fingerprint density at radius 2 is 1.82 bits per heavy atom. The molecule has 0 amide bonds. The summed E-state index contributed by atoms with van der Waals surface area (Å²) in [5, 5.41) is 8.67. The van der Waals surface area contributed by atoms with Crippen molar-refractivity contribution in [3.8, 4) is 6.07 Å². The lowest BCUT2D eigenvalue weighted by molar-refractivity contribution is 0.686. The number of anilines is 1. The van der Waals surface area contributed by atoms with Gasteiger partial charge in [-0.25, -0.2) is 0 Å². The molecule has 0 bridgehead atoms. The van der Waals surface area contributed by atoms with Gasteiger partial charge in [0.05, 0.1) is 12.5 Å². The zero-order valence-corrected chi connectivity index (χ0v) is 10.9. The smallest absolute Gasteiger partial charge is 0.0640 e. The van der Waals surface area contributed by atoms with Crippen LogP contribution in [0.5, 0.6) is 0 Å². The molecule has 2 N–H and O–H groups in total. The van der Waals surface area contributed by atoms with Gasteiger partial charge in [0, 0.05) is 24.3 Å². The van der Waals surface area contributed by atoms with E-state index in [2.05, 4.69) is 49.1 Å². The second-order valence-corrected chi connectivity index (χ2v) is 4.58. The molecule has 1 aromatic rings. The van der Waals surface area contributed by atoms with Crippen LogP contribution in [0.1, 0.15) is 38.8 Å². The maximum absolute atomic E-state index is 8.67. The van der Waals surface area contributed by atoms with Gasteiger partial charge < -0.3 is 10.6 Å². The number of benzene rings is 1. The third-order valence-corrected chi connectivity index (χ3v) is 2.84. The van der Waals surface area contributed by atoms with Gasteiger partial charge in [0.25, 0.3) is 0 Å². The summed E-state index contributed by atoms with van der Waals surface area (Å²) in [7, 11) is 0. The molecule has 0 saturated heterocycles. The number of nitrogens with two attached hydrogens (primary N) is 1. The molecular weight excluding hydrogens is 210 g/mol. The van der Waals surface area contributed by atoms with Crippen molar-refractivity contribution in [1.82, 2.24) is 0 Å². The van der Waals surface area contributed by atoms with Crippen molar-refractivity contribution >= 4 is 5.69 Å². The van der Waals surface area contributed by atoms with Crippen LogP contribution >= 0.6 is 0 Å². The summed E-state index contributed by atoms with van der Waals surface area (Å²) in [5.74, 6) is 0. The Labute approximate surface area is 104 Å². The molecule has 1 atom stereocenters. The summed E-state index contributed by atoms with van der Waals surface area (Å²) >= 11 is 0. The van der Waals surface area contributed by atoms with Gasteiger partial charge >= 0.3 is 0 Å². The number of hydrogen-bond donors (Lipinski definition) is 1. The highest BCUT2D eigenvalue weighted by molar-refractivity contribution is 5.48. The Morgan fingerprint density at radius 1 is 1.24 bits per heavy atom. The Kier molecular flexibility index (Phi) is 4.99. The minimum Gasteiger partial charge on any atom is -0.368 e. The molecule has 3 nitrogen and oxygen atoms in total. The van der Waals surface area contributed by atoms with Crippen LogP contribution in [0.3, 0.4) is 0 Å². The average Bonchev–Trinajstić information content (AvgIpc) is 2.29. The van der Waals surface area contributed by atoms with Crippen molar-refractivity contribution in [2.24, 2.45) is 5.73 Å². The van der Waals surface area contributed by atoms with Crippen LogP contribution in [-0.2, 0) is 0 Å². The standard InChI is InChI=1S/C14H21N3/c1-11(2)17(10-4-9-15)14-7-5-13(6-8-14)12(3)16/h5-8,11-12H,4,10,16H2,1-3H3/t12-/m1/s1. The second-order valence-electron chi connectivity index (χ2n) is 4.58. The van der Waals surface area contributed by atoms with Gasteiger partial charge in [0.15, 0.2) is 0 Å². The van der Waals surface area contributed by atoms with E-state index >= 15 is 0 Å². The SMILES string of the molecule is CC(C)N(CCC#N)c1ccc([C@@H](C)N)cc1. The number of rotatable bonds is 5. The molecule has 0 aliphatic heterocycles. The molecule has 1 rings (SSSR count). The number of nitriles is 1. The largest absolute Gasteiger partial charge is 0.368 e. The summed E-state index contributed by atoms with van der Waals surface area (Å²) in [6.45, 7) is 7.02. The fourth-order valence-electron chi connectivity index (χ4n) is 1.83. The molecule has 0 radical (unpaired) electrons. The van der Waals surface area contributed by atoms with Crippen LogP contribution in [0.25, 0.3) is 0 Å². The second kappa shape index (κ2) is 6.27. The van der Waals surface area contributed by atoms with E-state index in [0.717, 1.165) is 17.8 Å². The first-order valence-electron chi connectivity index (χ1n) is 6.05. The summed E-state index contributed by atoms with van der Waals surface area (Å²) in [4.78, 5) is 2.23. The Hall–Kier alpha value is -1.53. The molecule has 0 aliphatic carbocycles. The molecule has 0 aliphatic rings. The molecule has 0 aromatic heterocycles. The minimum absolute atomic E-state index is 0.0654. The monoisotopic (exact) mass is 231 g/mol. The molecule has 92 valence electrons. The van der Waals surface area contributed by atoms with Gasteiger partial charge in [0.1, 0.15) is 0 Å². The summed E-state index contributed by atoms with van der Waals surface area (Å²) in [6.07, 6.45) is 0.549. The highest BCUT2D eigenvalue weighted by Crippen LogP contribution is 2.20. The highest BCUT2D eigenvalue weighted by atomic mass is 15.1. The first-order chi connectivity index (χ1) is 8.06. The Morgan fingerprint density at radius 3 is 2.24 bits per heavy atom. The molecule has 0 spiro atoms. The van der Waals surface area contributed by atoms with E-state index in [1.54, 1.807) is 0 Å². The van der Waals surface area contributed by atoms with Crippen LogP contribution in [0.15, 0.2) is 24.3 Å². The minimum atomic E-state index is 0.0654. The van der Waals surface area contributed by atoms with E-state index in [0.29, 0.717) is 12.5 Å². The summed E-state index contributed by atoms with van der Waals surface area (Å²) in [6, 6.07) is 10.9. The highest BCUT2D eigenvalue weighted by Gasteiger charge is 2.10. The summed E-state index contributed by atoms with van der Waals surface area (Å²) in [5.41, 5.74) is 8.11. The van der Waals surface area contributed by atoms with Crippen LogP contribution in [0, 0.1) is 11.3 Å². The van der Waals surface area contributed by atoms with Crippen LogP contribution in [0.4, 0.5) is 5.69 Å². The van der Waals surface area contributed by atoms with Gasteiger partial charge in [-0.3, -0.25) is 0 Å². The quantitative estimate of drug-likeness (QED) is 0.847. The third-order valence-electron chi connectivity index (χ3n) is 2.84. The van der Waals surface area contributed by atoms with E-state index in [1.165, 1.54) is 0 Å². The number of hydrogen-bond acceptors (Lipinski definition) is 3. The van der Waals surface area contributed by atoms with Gasteiger partial charge in [-0.15, -0.1) is 0 Å². The molecule has 0 fully saturated rings. The molecule has 0 saturated carbocycles. The van der Waals surface area contributed by atoms with Crippen molar-refractivity contribution in [2.75, 3.05) is 11.4 Å². The van der Waals surface area contributed by atoms with Crippen molar-refractivity contribution in [1.29, 1.82) is 5.26 Å². The van der Waals surface area contributed by atoms with Crippen LogP contribution in [0.2, 0.25) is 0 Å². The van der Waals surface area contributed by atoms with Gasteiger partial charge in [0.2, 0.25) is 0 Å². The first-order valence-corrected chi connectivity index (χ1v) is 6.05. The lowest BCUT2D eigenvalue weighted by Crippen LogP contribution is -2.31. The molecule has 1 aromatic carbocycles. The van der Waals surface area contributed by atoms with Crippen LogP contribution in [-0.4, -0.2) is 12.6 Å². The van der Waals surface area contributed by atoms with Crippen molar-refractivity contribution in [2.45, 2.75) is 39.3 Å². The predicted molar refractivity (Wildman–Crippen MR) is 71.8 cm³/mol. The maximum atomic E-state index is 8.67. The lowest BCUT2D eigenvalue weighted by atomic mass is 10.1. The molecular formula is C14H21N3. The van der Waals surface area contributed by atoms with E-state index in [9.17, 15) is 0 Å². The maximum Gasteiger partial charge on any atom is 0.0640 e. The molecule has 3 heteroatoms. The predicted octanol–water partition coefficient (Wildman–Crippen LogP) is 2.83. The van der Waals surface area contributed by atoms with Gasteiger partial charge in [-0.05, 0) is 38.5 Å². The van der Waals surface area contributed by atoms with Crippen molar-refractivity contribution in [3.63, 3.8) is 0 Å². The lowest BCUT2D eigenvalue weighted by Gasteiger charge is -2.28. The fraction of sp³-hybridized carbons (Fsp3) is 0.500. The average molecular weight is 231 g/mol. The zero-order valence-electron chi connectivity index (χ0n) is 10.9. The van der Waals surface area contributed by atoms with Gasteiger partial charge in [-0.1, -0.05) is 12.1 Å². The first kappa shape index (κ1) is 13.5. The molecule has 17 heavy (non-hydrogen) atoms. The van der Waals surface area contributed by atoms with E-state index < -0.39 is 0 Å². The van der Waals surface area contributed by atoms with E-state index in [1.807, 2.05) is 6.92 Å². The van der Waals surface area contributed by atoms with Crippen LogP contribution < -0.4 is 10.6 Å². The zero-order chi connectivity index (χ0) is 12.8. The normalized spacial score (nSPS) is 12.2. The molecule has 0 heterocycles. The third kappa shape index (κ3) is 3.76. The molecule has 0 unspecified atom stereocenters. The Bertz CT molecular complexity index is 373. The number of nitrogens with zero attached hydrogens (tertiary/aromatic N) is 2. The topological polar surface area (TPSA) is 53.0 Å². The van der Waals surface area contributed by atoms with E-state index in [4.69, 9.17) is 11.0 Å². The van der Waals surface area contributed by atoms with E-state index in [-0.39, 0.29) is 6.04 Å². The summed E-state index contributed by atoms with van der Waals surface area (Å²) < 4.78 is 0. The fourth-order valence-corrected chi connectivity index (χ4v) is 1.83. The Balaban J connectivity index is 2.84. The van der Waals surface area contributed by atoms with Gasteiger partial charge in [-0.2, -0.15) is 5.26 Å². The van der Waals surface area contributed by atoms with Crippen molar-refractivity contribution < 1.29 is 0 Å².